The van der Waals surface area contributed by atoms with E-state index in [0.29, 0.717) is 11.1 Å². The maximum atomic E-state index is 14.7. The van der Waals surface area contributed by atoms with Crippen LogP contribution in [0.3, 0.4) is 0 Å². The average Bonchev–Trinajstić information content (AvgIpc) is 3.28. The molecule has 0 aromatic heterocycles. The molecule has 5 nitrogen and oxygen atoms in total. The van der Waals surface area contributed by atoms with Crippen LogP contribution in [0.25, 0.3) is 11.1 Å². The van der Waals surface area contributed by atoms with Crippen LogP contribution in [0.15, 0.2) is 64.6 Å². The summed E-state index contributed by atoms with van der Waals surface area (Å²) in [7, 11) is -4.00. The zero-order valence-electron chi connectivity index (χ0n) is 19.8. The minimum Gasteiger partial charge on any atom is -0.392 e. The van der Waals surface area contributed by atoms with Gasteiger partial charge in [-0.05, 0) is 47.0 Å². The van der Waals surface area contributed by atoms with Gasteiger partial charge < -0.3 is 5.11 Å². The Morgan fingerprint density at radius 1 is 0.949 bits per heavy atom. The third-order valence-corrected chi connectivity index (χ3v) is 7.27. The fourth-order valence-electron chi connectivity index (χ4n) is 4.20. The first-order valence-electron chi connectivity index (χ1n) is 11.0. The highest BCUT2D eigenvalue weighted by Gasteiger charge is 2.63. The molecule has 39 heavy (non-hydrogen) atoms. The molecule has 0 bridgehead atoms. The molecule has 0 saturated carbocycles. The van der Waals surface area contributed by atoms with E-state index >= 15 is 0 Å². The Hall–Kier alpha value is -3.52. The Bertz CT molecular complexity index is 1570. The van der Waals surface area contributed by atoms with Gasteiger partial charge in [0.15, 0.2) is 15.7 Å². The molecule has 1 heterocycles. The summed E-state index contributed by atoms with van der Waals surface area (Å²) in [5.41, 5.74) is -2.48. The fourth-order valence-corrected chi connectivity index (χ4v) is 5.15. The SMILES string of the molecule is CS(=O)(=O)c1cc(-c2cccc(C3CC(C(F)(F)C(F)(F)F)=NN3c3ccc(F)cc3F)c2)cc(F)c1CO. The molecule has 3 aromatic rings. The lowest BCUT2D eigenvalue weighted by molar-refractivity contribution is -0.249. The molecule has 0 fully saturated rings. The minimum atomic E-state index is -6.00. The van der Waals surface area contributed by atoms with Gasteiger partial charge in [0.1, 0.15) is 17.3 Å². The van der Waals surface area contributed by atoms with Gasteiger partial charge in [-0.15, -0.1) is 0 Å². The van der Waals surface area contributed by atoms with Crippen LogP contribution < -0.4 is 5.01 Å². The summed E-state index contributed by atoms with van der Waals surface area (Å²) in [5.74, 6) is -8.70. The smallest absolute Gasteiger partial charge is 0.392 e. The van der Waals surface area contributed by atoms with Crippen molar-refractivity contribution in [1.29, 1.82) is 0 Å². The lowest BCUT2D eigenvalue weighted by Crippen LogP contribution is -2.43. The molecule has 1 aliphatic heterocycles. The Morgan fingerprint density at radius 3 is 2.23 bits per heavy atom. The summed E-state index contributed by atoms with van der Waals surface area (Å²) >= 11 is 0. The number of hydrazone groups is 1. The summed E-state index contributed by atoms with van der Waals surface area (Å²) in [6.45, 7) is -0.914. The number of sulfone groups is 1. The van der Waals surface area contributed by atoms with Crippen molar-refractivity contribution in [2.24, 2.45) is 5.10 Å². The van der Waals surface area contributed by atoms with Crippen LogP contribution in [0.2, 0.25) is 0 Å². The number of hydrogen-bond donors (Lipinski definition) is 1. The maximum Gasteiger partial charge on any atom is 0.459 e. The van der Waals surface area contributed by atoms with Crippen LogP contribution in [-0.4, -0.2) is 37.6 Å². The van der Waals surface area contributed by atoms with E-state index in [1.165, 1.54) is 24.3 Å². The summed E-state index contributed by atoms with van der Waals surface area (Å²) in [6, 6.07) is 7.93. The molecule has 1 unspecified atom stereocenters. The molecule has 208 valence electrons. The van der Waals surface area contributed by atoms with Crippen LogP contribution in [0, 0.1) is 17.5 Å². The Kier molecular flexibility index (Phi) is 7.23. The highest BCUT2D eigenvalue weighted by Crippen LogP contribution is 2.45. The van der Waals surface area contributed by atoms with E-state index in [1.54, 1.807) is 0 Å². The van der Waals surface area contributed by atoms with Crippen molar-refractivity contribution in [3.05, 3.63) is 83.2 Å². The van der Waals surface area contributed by atoms with Gasteiger partial charge >= 0.3 is 12.1 Å². The molecule has 14 heteroatoms. The fraction of sp³-hybridized carbons (Fsp3) is 0.240. The van der Waals surface area contributed by atoms with Gasteiger partial charge in [-0.25, -0.2) is 21.6 Å². The summed E-state index contributed by atoms with van der Waals surface area (Å²) < 4.78 is 135. The maximum absolute atomic E-state index is 14.7. The summed E-state index contributed by atoms with van der Waals surface area (Å²) in [5, 5.41) is 13.4. The van der Waals surface area contributed by atoms with Crippen LogP contribution in [0.4, 0.5) is 40.8 Å². The van der Waals surface area contributed by atoms with Crippen LogP contribution in [0.1, 0.15) is 23.6 Å². The molecule has 0 amide bonds. The molecule has 0 spiro atoms. The monoisotopic (exact) mass is 578 g/mol. The quantitative estimate of drug-likeness (QED) is 0.355. The third kappa shape index (κ3) is 5.35. The first-order valence-corrected chi connectivity index (χ1v) is 12.9. The average molecular weight is 578 g/mol. The molecule has 0 aliphatic carbocycles. The predicted octanol–water partition coefficient (Wildman–Crippen LogP) is 6.17. The lowest BCUT2D eigenvalue weighted by atomic mass is 9.95. The van der Waals surface area contributed by atoms with E-state index in [4.69, 9.17) is 0 Å². The second-order valence-electron chi connectivity index (χ2n) is 8.77. The number of benzene rings is 3. The Morgan fingerprint density at radius 2 is 1.64 bits per heavy atom. The van der Waals surface area contributed by atoms with Crippen LogP contribution >= 0.6 is 0 Å². The molecule has 1 atom stereocenters. The zero-order valence-corrected chi connectivity index (χ0v) is 20.6. The second kappa shape index (κ2) is 9.90. The van der Waals surface area contributed by atoms with Gasteiger partial charge in [0.05, 0.1) is 23.2 Å². The molecule has 1 N–H and O–H groups in total. The standard InChI is InChI=1S/C25H18F8N2O3S/c1-39(37,38)22-9-15(8-18(27)17(22)12-36)13-3-2-4-14(7-13)21-11-23(24(29,30)25(31,32)33)34-35(21)20-6-5-16(26)10-19(20)28/h2-10,21,36H,11-12H2,1H3. The highest BCUT2D eigenvalue weighted by molar-refractivity contribution is 7.90. The molecular formula is C25H18F8N2O3S. The minimum absolute atomic E-state index is 0.00810. The van der Waals surface area contributed by atoms with Crippen molar-refractivity contribution in [2.75, 3.05) is 11.3 Å². The topological polar surface area (TPSA) is 70.0 Å². The number of hydrogen-bond acceptors (Lipinski definition) is 5. The van der Waals surface area contributed by atoms with E-state index in [1.807, 2.05) is 0 Å². The summed E-state index contributed by atoms with van der Waals surface area (Å²) in [4.78, 5) is -0.503. The molecule has 3 aromatic carbocycles. The van der Waals surface area contributed by atoms with Gasteiger partial charge in [-0.3, -0.25) is 5.01 Å². The Balaban J connectivity index is 1.84. The molecule has 0 saturated heterocycles. The van der Waals surface area contributed by atoms with Crippen molar-refractivity contribution in [3.63, 3.8) is 0 Å². The third-order valence-electron chi connectivity index (χ3n) is 6.10. The highest BCUT2D eigenvalue weighted by atomic mass is 32.2. The second-order valence-corrected chi connectivity index (χ2v) is 10.8. The van der Waals surface area contributed by atoms with Crippen LogP contribution in [-0.2, 0) is 16.4 Å². The number of nitrogens with zero attached hydrogens (tertiary/aromatic N) is 2. The van der Waals surface area contributed by atoms with Gasteiger partial charge in [0.25, 0.3) is 0 Å². The molecule has 0 radical (unpaired) electrons. The number of anilines is 1. The van der Waals surface area contributed by atoms with Crippen molar-refractivity contribution in [3.8, 4) is 11.1 Å². The lowest BCUT2D eigenvalue weighted by Gasteiger charge is -2.25. The predicted molar refractivity (Wildman–Crippen MR) is 126 cm³/mol. The van der Waals surface area contributed by atoms with Gasteiger partial charge in [-0.2, -0.15) is 27.1 Å². The van der Waals surface area contributed by atoms with Crippen molar-refractivity contribution >= 4 is 21.2 Å². The normalized spacial score (nSPS) is 16.5. The zero-order chi connectivity index (χ0) is 28.9. The van der Waals surface area contributed by atoms with Gasteiger partial charge in [0.2, 0.25) is 0 Å². The summed E-state index contributed by atoms with van der Waals surface area (Å²) in [6.07, 6.45) is -6.20. The number of aliphatic hydroxyl groups excluding tert-OH is 1. The molecule has 1 aliphatic rings. The molecule has 4 rings (SSSR count). The van der Waals surface area contributed by atoms with E-state index in [2.05, 4.69) is 5.10 Å². The number of rotatable bonds is 6. The van der Waals surface area contributed by atoms with Gasteiger partial charge in [-0.1, -0.05) is 18.2 Å². The van der Waals surface area contributed by atoms with E-state index in [9.17, 15) is 48.6 Å². The number of aliphatic hydroxyl groups is 1. The first-order chi connectivity index (χ1) is 18.0. The number of halogens is 8. The van der Waals surface area contributed by atoms with E-state index in [-0.39, 0.29) is 16.7 Å². The van der Waals surface area contributed by atoms with Gasteiger partial charge in [0, 0.05) is 24.3 Å². The number of alkyl halides is 5. The van der Waals surface area contributed by atoms with E-state index in [0.717, 1.165) is 30.5 Å². The largest absolute Gasteiger partial charge is 0.459 e. The van der Waals surface area contributed by atoms with E-state index < -0.39 is 80.3 Å². The Labute approximate surface area is 216 Å². The van der Waals surface area contributed by atoms with Crippen LogP contribution in [0.5, 0.6) is 0 Å². The van der Waals surface area contributed by atoms with Crippen molar-refractivity contribution < 1.29 is 48.6 Å². The first kappa shape index (κ1) is 28.5. The molecular weight excluding hydrogens is 560 g/mol. The van der Waals surface area contributed by atoms with Crippen molar-refractivity contribution in [1.82, 2.24) is 0 Å². The van der Waals surface area contributed by atoms with Crippen molar-refractivity contribution in [2.45, 2.75) is 36.1 Å².